The monoisotopic (exact) mass is 540 g/mol. The van der Waals surface area contributed by atoms with Gasteiger partial charge in [-0.3, -0.25) is 4.68 Å². The molecule has 0 spiro atoms. The summed E-state index contributed by atoms with van der Waals surface area (Å²) >= 11 is 0. The minimum atomic E-state index is -4.51. The summed E-state index contributed by atoms with van der Waals surface area (Å²) in [4.78, 5) is 15.6. The molecule has 1 atom stereocenters. The van der Waals surface area contributed by atoms with Crippen molar-refractivity contribution in [1.82, 2.24) is 34.3 Å². The summed E-state index contributed by atoms with van der Waals surface area (Å²) in [5.74, 6) is 1.69. The van der Waals surface area contributed by atoms with Gasteiger partial charge in [-0.25, -0.2) is 9.97 Å². The van der Waals surface area contributed by atoms with Crippen LogP contribution in [0.5, 0.6) is 11.5 Å². The predicted octanol–water partition coefficient (Wildman–Crippen LogP) is 5.85. The molecule has 1 aliphatic heterocycles. The first-order valence-electron chi connectivity index (χ1n) is 12.5. The van der Waals surface area contributed by atoms with Gasteiger partial charge in [0.2, 0.25) is 5.95 Å². The molecule has 0 bridgehead atoms. The van der Waals surface area contributed by atoms with E-state index in [2.05, 4.69) is 46.0 Å². The molecule has 1 aliphatic rings. The van der Waals surface area contributed by atoms with E-state index in [4.69, 9.17) is 14.6 Å². The van der Waals surface area contributed by atoms with Crippen LogP contribution in [0, 0.1) is 0 Å². The maximum absolute atomic E-state index is 13.3. The Morgan fingerprint density at radius 1 is 1.10 bits per heavy atom. The number of nitrogens with zero attached hydrogens (tertiary/aromatic N) is 6. The molecule has 204 valence electrons. The standard InChI is InChI=1S/C26H27F3N8O2/c1-25(2,3)20-9-21(35-37(20)14-5-6-38-13-14)33-24-34-23-19(36(24)4)8-16(11-31-23)39-15-7-17-18(26(27,28)29)12-32-22(17)30-10-15/h7-12,14H,5-6,13H2,1-4H3,(H,30,32)(H,31,33,34,35)/t14-/m0/s1. The van der Waals surface area contributed by atoms with Gasteiger partial charge >= 0.3 is 6.18 Å². The highest BCUT2D eigenvalue weighted by atomic mass is 19.4. The molecule has 39 heavy (non-hydrogen) atoms. The van der Waals surface area contributed by atoms with Crippen molar-refractivity contribution in [1.29, 1.82) is 0 Å². The molecular formula is C26H27F3N8O2. The van der Waals surface area contributed by atoms with Crippen LogP contribution < -0.4 is 10.1 Å². The van der Waals surface area contributed by atoms with Crippen LogP contribution in [0.4, 0.5) is 24.9 Å². The quantitative estimate of drug-likeness (QED) is 0.288. The molecule has 2 N–H and O–H groups in total. The van der Waals surface area contributed by atoms with Crippen molar-refractivity contribution < 1.29 is 22.6 Å². The average molecular weight is 541 g/mol. The molecule has 0 aromatic carbocycles. The van der Waals surface area contributed by atoms with E-state index in [1.807, 2.05) is 22.4 Å². The molecule has 10 nitrogen and oxygen atoms in total. The Morgan fingerprint density at radius 3 is 2.59 bits per heavy atom. The molecule has 1 fully saturated rings. The Kier molecular flexibility index (Phi) is 5.79. The van der Waals surface area contributed by atoms with Crippen molar-refractivity contribution >= 4 is 34.0 Å². The lowest BCUT2D eigenvalue weighted by Crippen LogP contribution is -2.22. The minimum absolute atomic E-state index is 0.0701. The Morgan fingerprint density at radius 2 is 1.87 bits per heavy atom. The number of aromatic amines is 1. The van der Waals surface area contributed by atoms with Gasteiger partial charge in [0.15, 0.2) is 11.5 Å². The molecule has 5 aromatic heterocycles. The number of anilines is 2. The fraction of sp³-hybridized carbons (Fsp3) is 0.385. The van der Waals surface area contributed by atoms with Gasteiger partial charge in [0, 0.05) is 48.5 Å². The van der Waals surface area contributed by atoms with Crippen LogP contribution >= 0.6 is 0 Å². The minimum Gasteiger partial charge on any atom is -0.454 e. The summed E-state index contributed by atoms with van der Waals surface area (Å²) in [5, 5.41) is 8.05. The molecular weight excluding hydrogens is 513 g/mol. The molecule has 0 unspecified atom stereocenters. The number of nitrogens with one attached hydrogen (secondary N) is 2. The number of aromatic nitrogens is 7. The van der Waals surface area contributed by atoms with Crippen LogP contribution in [-0.4, -0.2) is 47.5 Å². The van der Waals surface area contributed by atoms with E-state index < -0.39 is 11.7 Å². The third-order valence-electron chi connectivity index (χ3n) is 6.76. The van der Waals surface area contributed by atoms with Gasteiger partial charge in [-0.05, 0) is 12.5 Å². The summed E-state index contributed by atoms with van der Waals surface area (Å²) in [7, 11) is 1.83. The SMILES string of the molecule is Cn1c(Nc2cc(C(C)(C)C)n([C@H]3CCOC3)n2)nc2ncc(Oc3cnc4[nH]cc(C(F)(F)F)c4c3)cc21. The Labute approximate surface area is 221 Å². The van der Waals surface area contributed by atoms with Gasteiger partial charge in [0.25, 0.3) is 0 Å². The third-order valence-corrected chi connectivity index (χ3v) is 6.76. The topological polar surface area (TPSA) is 108 Å². The summed E-state index contributed by atoms with van der Waals surface area (Å²) < 4.78 is 55.2. The lowest BCUT2D eigenvalue weighted by molar-refractivity contribution is -0.136. The number of pyridine rings is 2. The number of alkyl halides is 3. The van der Waals surface area contributed by atoms with Gasteiger partial charge in [0.05, 0.1) is 36.1 Å². The Hall–Kier alpha value is -4.13. The number of imidazole rings is 1. The van der Waals surface area contributed by atoms with Gasteiger partial charge in [0.1, 0.15) is 17.1 Å². The van der Waals surface area contributed by atoms with Crippen molar-refractivity contribution in [2.24, 2.45) is 7.05 Å². The summed E-state index contributed by atoms with van der Waals surface area (Å²) in [6.07, 6.45) is 0.128. The van der Waals surface area contributed by atoms with Gasteiger partial charge < -0.3 is 24.3 Å². The summed E-state index contributed by atoms with van der Waals surface area (Å²) in [6, 6.07) is 5.24. The lowest BCUT2D eigenvalue weighted by Gasteiger charge is -2.22. The summed E-state index contributed by atoms with van der Waals surface area (Å²) in [6.45, 7) is 7.79. The maximum atomic E-state index is 13.3. The fourth-order valence-electron chi connectivity index (χ4n) is 4.75. The molecule has 0 saturated carbocycles. The highest BCUT2D eigenvalue weighted by Crippen LogP contribution is 2.36. The van der Waals surface area contributed by atoms with E-state index in [-0.39, 0.29) is 28.2 Å². The van der Waals surface area contributed by atoms with E-state index >= 15 is 0 Å². The summed E-state index contributed by atoms with van der Waals surface area (Å²) in [5.41, 5.74) is 1.45. The zero-order chi connectivity index (χ0) is 27.5. The van der Waals surface area contributed by atoms with Crippen LogP contribution in [0.2, 0.25) is 0 Å². The van der Waals surface area contributed by atoms with Crippen LogP contribution in [0.1, 0.15) is 44.5 Å². The smallest absolute Gasteiger partial charge is 0.418 e. The van der Waals surface area contributed by atoms with Gasteiger partial charge in [-0.2, -0.15) is 23.3 Å². The third kappa shape index (κ3) is 4.67. The van der Waals surface area contributed by atoms with E-state index in [1.54, 1.807) is 6.07 Å². The van der Waals surface area contributed by atoms with Crippen LogP contribution in [0.25, 0.3) is 22.2 Å². The first-order valence-corrected chi connectivity index (χ1v) is 12.5. The molecule has 5 aromatic rings. The van der Waals surface area contributed by atoms with Crippen molar-refractivity contribution in [3.63, 3.8) is 0 Å². The number of hydrogen-bond acceptors (Lipinski definition) is 7. The van der Waals surface area contributed by atoms with Gasteiger partial charge in [-0.1, -0.05) is 20.8 Å². The number of ether oxygens (including phenoxy) is 2. The molecule has 6 heterocycles. The van der Waals surface area contributed by atoms with E-state index in [9.17, 15) is 13.2 Å². The van der Waals surface area contributed by atoms with Gasteiger partial charge in [-0.15, -0.1) is 0 Å². The van der Waals surface area contributed by atoms with Crippen LogP contribution in [0.15, 0.2) is 36.8 Å². The maximum Gasteiger partial charge on any atom is 0.418 e. The zero-order valence-corrected chi connectivity index (χ0v) is 21.8. The highest BCUT2D eigenvalue weighted by Gasteiger charge is 2.34. The van der Waals surface area contributed by atoms with E-state index in [0.717, 1.165) is 24.9 Å². The lowest BCUT2D eigenvalue weighted by atomic mass is 9.91. The van der Waals surface area contributed by atoms with E-state index in [1.165, 1.54) is 18.5 Å². The highest BCUT2D eigenvalue weighted by molar-refractivity contribution is 5.82. The van der Waals surface area contributed by atoms with Crippen LogP contribution in [-0.2, 0) is 23.4 Å². The number of halogens is 3. The second-order valence-corrected chi connectivity index (χ2v) is 10.6. The number of fused-ring (bicyclic) bond motifs is 2. The normalized spacial score (nSPS) is 16.4. The second kappa shape index (κ2) is 8.97. The Balaban J connectivity index is 1.28. The first-order chi connectivity index (χ1) is 18.5. The molecule has 6 rings (SSSR count). The van der Waals surface area contributed by atoms with Crippen molar-refractivity contribution in [3.8, 4) is 11.5 Å². The Bertz CT molecular complexity index is 1670. The largest absolute Gasteiger partial charge is 0.454 e. The number of aryl methyl sites for hydroxylation is 1. The van der Waals surface area contributed by atoms with Crippen molar-refractivity contribution in [2.75, 3.05) is 18.5 Å². The fourth-order valence-corrected chi connectivity index (χ4v) is 4.75. The molecule has 0 radical (unpaired) electrons. The number of rotatable bonds is 5. The predicted molar refractivity (Wildman–Crippen MR) is 138 cm³/mol. The van der Waals surface area contributed by atoms with Crippen molar-refractivity contribution in [2.45, 2.75) is 44.8 Å². The molecule has 0 aliphatic carbocycles. The average Bonchev–Trinajstić information content (AvgIpc) is 3.65. The van der Waals surface area contributed by atoms with E-state index in [0.29, 0.717) is 35.3 Å². The van der Waals surface area contributed by atoms with Crippen LogP contribution in [0.3, 0.4) is 0 Å². The zero-order valence-electron chi connectivity index (χ0n) is 21.8. The molecule has 0 amide bonds. The number of hydrogen-bond donors (Lipinski definition) is 2. The second-order valence-electron chi connectivity index (χ2n) is 10.6. The van der Waals surface area contributed by atoms with Crippen molar-refractivity contribution in [3.05, 3.63) is 48.0 Å². The molecule has 1 saturated heterocycles. The molecule has 13 heteroatoms. The first kappa shape index (κ1) is 25.2. The number of H-pyrrole nitrogens is 1.